The molecule has 1 fully saturated rings. The Bertz CT molecular complexity index is 410. The molecule has 1 unspecified atom stereocenters. The monoisotopic (exact) mass is 279 g/mol. The van der Waals surface area contributed by atoms with Crippen LogP contribution >= 0.6 is 0 Å². The highest BCUT2D eigenvalue weighted by Crippen LogP contribution is 2.19. The number of nitrogens with zero attached hydrogens (tertiary/aromatic N) is 1. The lowest BCUT2D eigenvalue weighted by Crippen LogP contribution is -2.38. The zero-order chi connectivity index (χ0) is 14.2. The molecule has 0 aromatic heterocycles. The van der Waals surface area contributed by atoms with Gasteiger partial charge in [0.25, 0.3) is 0 Å². The number of hydrogen-bond acceptors (Lipinski definition) is 4. The van der Waals surface area contributed by atoms with E-state index in [9.17, 15) is 4.79 Å². The van der Waals surface area contributed by atoms with Crippen molar-refractivity contribution in [3.8, 4) is 0 Å². The van der Waals surface area contributed by atoms with Crippen LogP contribution in [-0.4, -0.2) is 44.1 Å². The molecule has 0 saturated carbocycles. The molecule has 5 heteroatoms. The van der Waals surface area contributed by atoms with E-state index in [1.54, 1.807) is 12.0 Å². The number of amides is 1. The van der Waals surface area contributed by atoms with Gasteiger partial charge in [-0.15, -0.1) is 0 Å². The van der Waals surface area contributed by atoms with E-state index in [0.717, 1.165) is 24.9 Å². The minimum atomic E-state index is -0.266. The smallest absolute Gasteiger partial charge is 0.410 e. The molecule has 1 atom stereocenters. The van der Waals surface area contributed by atoms with Gasteiger partial charge in [-0.3, -0.25) is 0 Å². The molecule has 5 nitrogen and oxygen atoms in total. The molecule has 1 aromatic rings. The van der Waals surface area contributed by atoms with Crippen LogP contribution in [0.4, 0.5) is 4.79 Å². The molecule has 110 valence electrons. The predicted octanol–water partition coefficient (Wildman–Crippen LogP) is 2.41. The Morgan fingerprint density at radius 1 is 1.35 bits per heavy atom. The van der Waals surface area contributed by atoms with E-state index in [4.69, 9.17) is 14.2 Å². The van der Waals surface area contributed by atoms with Gasteiger partial charge in [-0.05, 0) is 18.4 Å². The van der Waals surface area contributed by atoms with Crippen molar-refractivity contribution >= 4 is 6.09 Å². The molecule has 0 aliphatic carbocycles. The number of likely N-dealkylation sites (tertiary alicyclic amines) is 1. The largest absolute Gasteiger partial charge is 0.445 e. The highest BCUT2D eigenvalue weighted by molar-refractivity contribution is 5.68. The van der Waals surface area contributed by atoms with Crippen molar-refractivity contribution in [2.45, 2.75) is 25.5 Å². The second-order valence-corrected chi connectivity index (χ2v) is 4.81. The molecule has 1 saturated heterocycles. The summed E-state index contributed by atoms with van der Waals surface area (Å²) in [5.74, 6) is 0. The van der Waals surface area contributed by atoms with Crippen LogP contribution in [0, 0.1) is 0 Å². The van der Waals surface area contributed by atoms with Crippen molar-refractivity contribution in [1.82, 2.24) is 4.90 Å². The number of methoxy groups -OCH3 is 1. The fourth-order valence-corrected chi connectivity index (χ4v) is 2.32. The minimum Gasteiger partial charge on any atom is -0.445 e. The summed E-state index contributed by atoms with van der Waals surface area (Å²) in [5.41, 5.74) is 0.993. The average molecular weight is 279 g/mol. The standard InChI is InChI=1S/C15H21NO4/c1-18-12-19-11-14-8-5-9-16(14)15(17)20-10-13-6-3-2-4-7-13/h2-4,6-7,14H,5,8-12H2,1H3. The first-order chi connectivity index (χ1) is 9.81. The van der Waals surface area contributed by atoms with Crippen LogP contribution in [-0.2, 0) is 20.8 Å². The first kappa shape index (κ1) is 14.8. The zero-order valence-corrected chi connectivity index (χ0v) is 11.8. The van der Waals surface area contributed by atoms with Gasteiger partial charge in [0, 0.05) is 13.7 Å². The zero-order valence-electron chi connectivity index (χ0n) is 11.8. The maximum Gasteiger partial charge on any atom is 0.410 e. The molecular formula is C15H21NO4. The van der Waals surface area contributed by atoms with E-state index in [1.807, 2.05) is 30.3 Å². The van der Waals surface area contributed by atoms with Crippen LogP contribution in [0.5, 0.6) is 0 Å². The summed E-state index contributed by atoms with van der Waals surface area (Å²) in [6.45, 7) is 1.79. The SMILES string of the molecule is COCOCC1CCCN1C(=O)OCc1ccccc1. The van der Waals surface area contributed by atoms with Gasteiger partial charge < -0.3 is 19.1 Å². The van der Waals surface area contributed by atoms with Crippen molar-refractivity contribution in [1.29, 1.82) is 0 Å². The maximum absolute atomic E-state index is 12.1. The van der Waals surface area contributed by atoms with E-state index in [-0.39, 0.29) is 18.9 Å². The summed E-state index contributed by atoms with van der Waals surface area (Å²) < 4.78 is 15.5. The minimum absolute atomic E-state index is 0.0911. The van der Waals surface area contributed by atoms with Crippen molar-refractivity contribution in [2.75, 3.05) is 27.1 Å². The number of benzene rings is 1. The third-order valence-electron chi connectivity index (χ3n) is 3.33. The Balaban J connectivity index is 1.78. The van der Waals surface area contributed by atoms with Crippen molar-refractivity contribution in [2.24, 2.45) is 0 Å². The lowest BCUT2D eigenvalue weighted by molar-refractivity contribution is -0.0464. The first-order valence-electron chi connectivity index (χ1n) is 6.85. The van der Waals surface area contributed by atoms with Gasteiger partial charge >= 0.3 is 6.09 Å². The number of rotatable bonds is 6. The molecule has 0 spiro atoms. The van der Waals surface area contributed by atoms with E-state index in [1.165, 1.54) is 0 Å². The number of carbonyl (C=O) groups is 1. The molecule has 1 aliphatic rings. The summed E-state index contributed by atoms with van der Waals surface area (Å²) in [6.07, 6.45) is 1.67. The van der Waals surface area contributed by atoms with Gasteiger partial charge in [0.2, 0.25) is 0 Å². The highest BCUT2D eigenvalue weighted by atomic mass is 16.7. The molecule has 20 heavy (non-hydrogen) atoms. The summed E-state index contributed by atoms with van der Waals surface area (Å²) in [4.78, 5) is 13.8. The summed E-state index contributed by atoms with van der Waals surface area (Å²) in [5, 5.41) is 0. The Morgan fingerprint density at radius 2 is 2.15 bits per heavy atom. The fraction of sp³-hybridized carbons (Fsp3) is 0.533. The summed E-state index contributed by atoms with van der Waals surface area (Å²) in [6, 6.07) is 9.77. The van der Waals surface area contributed by atoms with Gasteiger partial charge in [0.05, 0.1) is 12.6 Å². The normalized spacial score (nSPS) is 18.2. The molecular weight excluding hydrogens is 258 g/mol. The van der Waals surface area contributed by atoms with Crippen molar-refractivity contribution in [3.05, 3.63) is 35.9 Å². The Kier molecular flexibility index (Phi) is 5.83. The molecule has 1 aromatic carbocycles. The van der Waals surface area contributed by atoms with E-state index in [0.29, 0.717) is 13.2 Å². The van der Waals surface area contributed by atoms with E-state index < -0.39 is 0 Å². The van der Waals surface area contributed by atoms with Gasteiger partial charge in [-0.2, -0.15) is 0 Å². The Hall–Kier alpha value is -1.59. The summed E-state index contributed by atoms with van der Waals surface area (Å²) >= 11 is 0. The molecule has 0 radical (unpaired) electrons. The van der Waals surface area contributed by atoms with Crippen LogP contribution in [0.2, 0.25) is 0 Å². The quantitative estimate of drug-likeness (QED) is 0.592. The van der Waals surface area contributed by atoms with Crippen LogP contribution in [0.3, 0.4) is 0 Å². The lowest BCUT2D eigenvalue weighted by Gasteiger charge is -2.23. The molecule has 0 N–H and O–H groups in total. The first-order valence-corrected chi connectivity index (χ1v) is 6.85. The molecule has 2 rings (SSSR count). The maximum atomic E-state index is 12.1. The third-order valence-corrected chi connectivity index (χ3v) is 3.33. The number of ether oxygens (including phenoxy) is 3. The molecule has 0 bridgehead atoms. The second kappa shape index (κ2) is 7.87. The predicted molar refractivity (Wildman–Crippen MR) is 74.2 cm³/mol. The molecule has 1 aliphatic heterocycles. The Labute approximate surface area is 119 Å². The van der Waals surface area contributed by atoms with Crippen molar-refractivity contribution in [3.63, 3.8) is 0 Å². The Morgan fingerprint density at radius 3 is 2.90 bits per heavy atom. The van der Waals surface area contributed by atoms with Gasteiger partial charge in [0.1, 0.15) is 13.4 Å². The van der Waals surface area contributed by atoms with E-state index >= 15 is 0 Å². The van der Waals surface area contributed by atoms with Crippen LogP contribution in [0.25, 0.3) is 0 Å². The molecule has 1 amide bonds. The van der Waals surface area contributed by atoms with Crippen LogP contribution in [0.15, 0.2) is 30.3 Å². The number of hydrogen-bond donors (Lipinski definition) is 0. The van der Waals surface area contributed by atoms with Gasteiger partial charge in [-0.1, -0.05) is 30.3 Å². The molecule has 1 heterocycles. The fourth-order valence-electron chi connectivity index (χ4n) is 2.32. The topological polar surface area (TPSA) is 48.0 Å². The highest BCUT2D eigenvalue weighted by Gasteiger charge is 2.29. The lowest BCUT2D eigenvalue weighted by atomic mass is 10.2. The van der Waals surface area contributed by atoms with Crippen molar-refractivity contribution < 1.29 is 19.0 Å². The summed E-state index contributed by atoms with van der Waals surface area (Å²) in [7, 11) is 1.58. The van der Waals surface area contributed by atoms with Crippen LogP contribution < -0.4 is 0 Å². The number of carbonyl (C=O) groups excluding carboxylic acids is 1. The van der Waals surface area contributed by atoms with Gasteiger partial charge in [0.15, 0.2) is 0 Å². The van der Waals surface area contributed by atoms with E-state index in [2.05, 4.69) is 0 Å². The van der Waals surface area contributed by atoms with Gasteiger partial charge in [-0.25, -0.2) is 4.79 Å². The second-order valence-electron chi connectivity index (χ2n) is 4.81. The average Bonchev–Trinajstić information content (AvgIpc) is 2.95. The third kappa shape index (κ3) is 4.21. The van der Waals surface area contributed by atoms with Crippen LogP contribution in [0.1, 0.15) is 18.4 Å².